The highest BCUT2D eigenvalue weighted by atomic mass is 19.4. The topological polar surface area (TPSA) is 102 Å². The van der Waals surface area contributed by atoms with Gasteiger partial charge in [-0.1, -0.05) is 30.3 Å². The first kappa shape index (κ1) is 21.9. The molecular weight excluding hydrogens is 413 g/mol. The van der Waals surface area contributed by atoms with Crippen molar-refractivity contribution < 1.29 is 22.7 Å². The number of amides is 1. The van der Waals surface area contributed by atoms with E-state index in [0.717, 1.165) is 12.3 Å². The molecule has 0 radical (unpaired) electrons. The highest BCUT2D eigenvalue weighted by Crippen LogP contribution is 2.29. The molecule has 1 amide bonds. The van der Waals surface area contributed by atoms with Crippen LogP contribution < -0.4 is 10.6 Å². The van der Waals surface area contributed by atoms with Crippen molar-refractivity contribution >= 4 is 23.7 Å². The molecule has 3 aromatic rings. The van der Waals surface area contributed by atoms with Gasteiger partial charge in [-0.2, -0.15) is 28.1 Å². The van der Waals surface area contributed by atoms with Crippen molar-refractivity contribution in [2.45, 2.75) is 32.5 Å². The lowest BCUT2D eigenvalue weighted by molar-refractivity contribution is -0.141. The normalized spacial score (nSPS) is 11.7. The smallest absolute Gasteiger partial charge is 0.433 e. The third kappa shape index (κ3) is 6.36. The maximum atomic E-state index is 12.9. The van der Waals surface area contributed by atoms with E-state index in [9.17, 15) is 18.0 Å². The van der Waals surface area contributed by atoms with Crippen LogP contribution in [0.3, 0.4) is 0 Å². The second kappa shape index (κ2) is 8.54. The number of halogens is 3. The number of anilines is 3. The monoisotopic (exact) mass is 432 g/mol. The number of rotatable bonds is 4. The molecule has 31 heavy (non-hydrogen) atoms. The van der Waals surface area contributed by atoms with Gasteiger partial charge in [-0.05, 0) is 32.9 Å². The van der Waals surface area contributed by atoms with Crippen molar-refractivity contribution in [2.75, 3.05) is 10.6 Å². The van der Waals surface area contributed by atoms with E-state index in [-0.39, 0.29) is 23.4 Å². The number of ether oxygens (including phenoxy) is 1. The molecule has 0 aliphatic heterocycles. The van der Waals surface area contributed by atoms with Crippen molar-refractivity contribution in [2.24, 2.45) is 0 Å². The molecule has 0 fully saturated rings. The first-order chi connectivity index (χ1) is 14.5. The molecule has 0 bridgehead atoms. The van der Waals surface area contributed by atoms with E-state index in [2.05, 4.69) is 30.6 Å². The van der Waals surface area contributed by atoms with Crippen LogP contribution in [0.2, 0.25) is 0 Å². The first-order valence-electron chi connectivity index (χ1n) is 9.11. The number of carbonyl (C=O) groups is 1. The van der Waals surface area contributed by atoms with Crippen LogP contribution >= 0.6 is 0 Å². The zero-order valence-electron chi connectivity index (χ0n) is 16.9. The highest BCUT2D eigenvalue weighted by molar-refractivity contribution is 5.83. The zero-order chi connectivity index (χ0) is 22.6. The fourth-order valence-corrected chi connectivity index (χ4v) is 2.39. The fraction of sp³-hybridized carbons (Fsp3) is 0.250. The van der Waals surface area contributed by atoms with Gasteiger partial charge < -0.3 is 10.1 Å². The summed E-state index contributed by atoms with van der Waals surface area (Å²) >= 11 is 0. The van der Waals surface area contributed by atoms with E-state index in [0.29, 0.717) is 5.56 Å². The Morgan fingerprint density at radius 2 is 1.65 bits per heavy atom. The highest BCUT2D eigenvalue weighted by Gasteiger charge is 2.32. The molecule has 1 aromatic carbocycles. The number of benzene rings is 1. The quantitative estimate of drug-likeness (QED) is 0.595. The summed E-state index contributed by atoms with van der Waals surface area (Å²) in [6.07, 6.45) is -4.37. The van der Waals surface area contributed by atoms with Gasteiger partial charge in [-0.3, -0.25) is 10.3 Å². The summed E-state index contributed by atoms with van der Waals surface area (Å²) in [6.45, 7) is 5.10. The van der Waals surface area contributed by atoms with Crippen molar-refractivity contribution in [3.63, 3.8) is 0 Å². The lowest BCUT2D eigenvalue weighted by Crippen LogP contribution is -2.28. The van der Waals surface area contributed by atoms with E-state index in [1.165, 1.54) is 6.07 Å². The van der Waals surface area contributed by atoms with Crippen LogP contribution in [0.15, 0.2) is 48.7 Å². The fourth-order valence-electron chi connectivity index (χ4n) is 2.39. The summed E-state index contributed by atoms with van der Waals surface area (Å²) in [6, 6.07) is 11.0. The Morgan fingerprint density at radius 3 is 2.29 bits per heavy atom. The Labute approximate surface area is 175 Å². The van der Waals surface area contributed by atoms with Crippen molar-refractivity contribution in [1.82, 2.24) is 19.9 Å². The van der Waals surface area contributed by atoms with Crippen LogP contribution in [0.25, 0.3) is 11.4 Å². The molecule has 8 nitrogen and oxygen atoms in total. The number of nitrogens with zero attached hydrogens (tertiary/aromatic N) is 4. The van der Waals surface area contributed by atoms with Crippen molar-refractivity contribution in [3.05, 3.63) is 54.4 Å². The molecule has 0 aliphatic carbocycles. The number of aromatic nitrogens is 4. The molecule has 2 N–H and O–H groups in total. The minimum Gasteiger partial charge on any atom is -0.444 e. The maximum absolute atomic E-state index is 12.9. The average Bonchev–Trinajstić information content (AvgIpc) is 2.66. The van der Waals surface area contributed by atoms with E-state index < -0.39 is 23.6 Å². The van der Waals surface area contributed by atoms with Crippen LogP contribution in [-0.2, 0) is 10.9 Å². The second-order valence-corrected chi connectivity index (χ2v) is 7.35. The van der Waals surface area contributed by atoms with Gasteiger partial charge in [0.1, 0.15) is 11.3 Å². The SMILES string of the molecule is CC(C)(C)OC(=O)Nc1nc(Nc2ccnc(C(F)(F)F)c2)nc(-c2ccccc2)n1. The largest absolute Gasteiger partial charge is 0.444 e. The maximum Gasteiger partial charge on any atom is 0.433 e. The summed E-state index contributed by atoms with van der Waals surface area (Å²) in [5.74, 6) is 0.00389. The van der Waals surface area contributed by atoms with Gasteiger partial charge in [0, 0.05) is 17.4 Å². The molecule has 0 unspecified atom stereocenters. The van der Waals surface area contributed by atoms with E-state index in [1.54, 1.807) is 51.1 Å². The molecule has 2 aromatic heterocycles. The van der Waals surface area contributed by atoms with Crippen molar-refractivity contribution in [1.29, 1.82) is 0 Å². The summed E-state index contributed by atoms with van der Waals surface area (Å²) in [5, 5.41) is 5.11. The molecule has 162 valence electrons. The number of nitrogens with one attached hydrogen (secondary N) is 2. The summed E-state index contributed by atoms with van der Waals surface area (Å²) in [4.78, 5) is 28.0. The van der Waals surface area contributed by atoms with Gasteiger partial charge in [-0.15, -0.1) is 0 Å². The predicted octanol–water partition coefficient (Wildman–Crippen LogP) is 5.04. The molecule has 2 heterocycles. The van der Waals surface area contributed by atoms with Gasteiger partial charge in [0.15, 0.2) is 5.82 Å². The molecule has 0 spiro atoms. The van der Waals surface area contributed by atoms with Gasteiger partial charge >= 0.3 is 12.3 Å². The van der Waals surface area contributed by atoms with E-state index in [1.807, 2.05) is 0 Å². The van der Waals surface area contributed by atoms with Gasteiger partial charge in [0.25, 0.3) is 0 Å². The van der Waals surface area contributed by atoms with Crippen LogP contribution in [0.5, 0.6) is 0 Å². The second-order valence-electron chi connectivity index (χ2n) is 7.35. The molecule has 3 rings (SSSR count). The summed E-state index contributed by atoms with van der Waals surface area (Å²) in [5.41, 5.74) is -1.13. The van der Waals surface area contributed by atoms with Gasteiger partial charge in [0.05, 0.1) is 0 Å². The van der Waals surface area contributed by atoms with E-state index in [4.69, 9.17) is 4.74 Å². The molecule has 0 saturated heterocycles. The Bertz CT molecular complexity index is 1070. The summed E-state index contributed by atoms with van der Waals surface area (Å²) < 4.78 is 44.0. The molecular formula is C20H19F3N6O2. The number of pyridine rings is 1. The Balaban J connectivity index is 1.95. The number of hydrogen-bond acceptors (Lipinski definition) is 7. The van der Waals surface area contributed by atoms with E-state index >= 15 is 0 Å². The number of hydrogen-bond donors (Lipinski definition) is 2. The molecule has 0 atom stereocenters. The lowest BCUT2D eigenvalue weighted by atomic mass is 10.2. The summed E-state index contributed by atoms with van der Waals surface area (Å²) in [7, 11) is 0. The Hall–Kier alpha value is -3.76. The molecule has 11 heteroatoms. The minimum absolute atomic E-state index is 0.0655. The average molecular weight is 432 g/mol. The molecule has 0 saturated carbocycles. The van der Waals surface area contributed by atoms with Crippen LogP contribution in [0, 0.1) is 0 Å². The number of carbonyl (C=O) groups excluding carboxylic acids is 1. The third-order valence-corrected chi connectivity index (χ3v) is 3.59. The molecule has 0 aliphatic rings. The van der Waals surface area contributed by atoms with Crippen LogP contribution in [-0.4, -0.2) is 31.6 Å². The zero-order valence-corrected chi connectivity index (χ0v) is 16.9. The standard InChI is InChI=1S/C20H19F3N6O2/c1-19(2,3)31-18(30)29-17-27-15(12-7-5-4-6-8-12)26-16(28-17)25-13-9-10-24-14(11-13)20(21,22)23/h4-11H,1-3H3,(H2,24,25,26,27,28,29,30). The lowest BCUT2D eigenvalue weighted by Gasteiger charge is -2.19. The minimum atomic E-state index is -4.60. The number of alkyl halides is 3. The van der Waals surface area contributed by atoms with Crippen LogP contribution in [0.1, 0.15) is 26.5 Å². The Morgan fingerprint density at radius 1 is 0.968 bits per heavy atom. The van der Waals surface area contributed by atoms with Gasteiger partial charge in [-0.25, -0.2) is 4.79 Å². The first-order valence-corrected chi connectivity index (χ1v) is 9.11. The predicted molar refractivity (Wildman–Crippen MR) is 108 cm³/mol. The van der Waals surface area contributed by atoms with Crippen molar-refractivity contribution in [3.8, 4) is 11.4 Å². The van der Waals surface area contributed by atoms with Crippen LogP contribution in [0.4, 0.5) is 35.5 Å². The van der Waals surface area contributed by atoms with Gasteiger partial charge in [0.2, 0.25) is 11.9 Å². The third-order valence-electron chi connectivity index (χ3n) is 3.59. The Kier molecular flexibility index (Phi) is 6.04.